The van der Waals surface area contributed by atoms with Gasteiger partial charge in [-0.1, -0.05) is 42.5 Å². The molecule has 1 heterocycles. The number of aryl methyl sites for hydroxylation is 2. The maximum Gasteiger partial charge on any atom is 0.141 e. The van der Waals surface area contributed by atoms with E-state index < -0.39 is 0 Å². The van der Waals surface area contributed by atoms with Gasteiger partial charge in [-0.15, -0.1) is 0 Å². The molecule has 0 aliphatic carbocycles. The number of hydrogen-bond acceptors (Lipinski definition) is 3. The molecule has 0 atom stereocenters. The number of benzene rings is 3. The molecule has 0 saturated carbocycles. The first-order valence-corrected chi connectivity index (χ1v) is 9.22. The van der Waals surface area contributed by atoms with E-state index in [2.05, 4.69) is 16.7 Å². The van der Waals surface area contributed by atoms with Gasteiger partial charge in [-0.25, -0.2) is 4.98 Å². The number of nitrogen functional groups attached to an aromatic ring is 1. The molecular formula is C23H23N3O. The van der Waals surface area contributed by atoms with Crippen LogP contribution in [0.2, 0.25) is 0 Å². The lowest BCUT2D eigenvalue weighted by molar-refractivity contribution is 0.303. The molecule has 0 spiro atoms. The van der Waals surface area contributed by atoms with Gasteiger partial charge in [-0.05, 0) is 49.2 Å². The first-order valence-electron chi connectivity index (χ1n) is 9.22. The zero-order chi connectivity index (χ0) is 18.6. The molecule has 4 heteroatoms. The van der Waals surface area contributed by atoms with Gasteiger partial charge in [0.15, 0.2) is 0 Å². The molecule has 0 bridgehead atoms. The summed E-state index contributed by atoms with van der Waals surface area (Å²) in [6.45, 7) is 3.51. The summed E-state index contributed by atoms with van der Waals surface area (Å²) >= 11 is 0. The van der Waals surface area contributed by atoms with Gasteiger partial charge < -0.3 is 15.0 Å². The Morgan fingerprint density at radius 3 is 2.56 bits per heavy atom. The van der Waals surface area contributed by atoms with Gasteiger partial charge in [0.25, 0.3) is 0 Å². The second kappa shape index (κ2) is 7.54. The Bertz CT molecular complexity index is 1050. The number of nitrogens with two attached hydrogens (primary N) is 1. The molecular weight excluding hydrogens is 334 g/mol. The molecule has 0 radical (unpaired) electrons. The van der Waals surface area contributed by atoms with Crippen molar-refractivity contribution in [3.63, 3.8) is 0 Å². The zero-order valence-electron chi connectivity index (χ0n) is 15.4. The Hall–Kier alpha value is -3.27. The summed E-state index contributed by atoms with van der Waals surface area (Å²) in [5.74, 6) is 1.85. The van der Waals surface area contributed by atoms with Crippen LogP contribution in [-0.4, -0.2) is 16.2 Å². The lowest BCUT2D eigenvalue weighted by atomic mass is 10.1. The van der Waals surface area contributed by atoms with Crippen molar-refractivity contribution in [3.8, 4) is 17.1 Å². The van der Waals surface area contributed by atoms with E-state index >= 15 is 0 Å². The third kappa shape index (κ3) is 3.65. The average molecular weight is 357 g/mol. The van der Waals surface area contributed by atoms with Crippen LogP contribution in [0.15, 0.2) is 72.8 Å². The van der Waals surface area contributed by atoms with E-state index in [0.717, 1.165) is 52.4 Å². The molecule has 3 aromatic carbocycles. The second-order valence-electron chi connectivity index (χ2n) is 6.66. The highest BCUT2D eigenvalue weighted by molar-refractivity contribution is 5.81. The van der Waals surface area contributed by atoms with Gasteiger partial charge in [-0.3, -0.25) is 0 Å². The molecule has 2 N–H and O–H groups in total. The lowest BCUT2D eigenvalue weighted by Crippen LogP contribution is -2.06. The molecule has 0 amide bonds. The predicted octanol–water partition coefficient (Wildman–Crippen LogP) is 5.06. The molecule has 136 valence electrons. The van der Waals surface area contributed by atoms with E-state index in [-0.39, 0.29) is 0 Å². The molecule has 0 saturated heterocycles. The fourth-order valence-corrected chi connectivity index (χ4v) is 3.23. The Kier molecular flexibility index (Phi) is 4.79. The summed E-state index contributed by atoms with van der Waals surface area (Å²) in [6, 6.07) is 24.3. The number of nitrogens with zero attached hydrogens (tertiary/aromatic N) is 2. The highest BCUT2D eigenvalue weighted by atomic mass is 16.5. The van der Waals surface area contributed by atoms with Crippen molar-refractivity contribution >= 4 is 16.7 Å². The first-order chi connectivity index (χ1) is 13.2. The fraction of sp³-hybridized carbons (Fsp3) is 0.174. The number of para-hydroxylation sites is 3. The van der Waals surface area contributed by atoms with Crippen LogP contribution in [0.3, 0.4) is 0 Å². The monoisotopic (exact) mass is 357 g/mol. The minimum absolute atomic E-state index is 0.659. The number of ether oxygens (including phenoxy) is 1. The van der Waals surface area contributed by atoms with Crippen molar-refractivity contribution in [1.82, 2.24) is 9.55 Å². The van der Waals surface area contributed by atoms with E-state index in [1.807, 2.05) is 67.6 Å². The van der Waals surface area contributed by atoms with Crippen molar-refractivity contribution in [2.24, 2.45) is 0 Å². The van der Waals surface area contributed by atoms with Gasteiger partial charge in [0, 0.05) is 17.8 Å². The van der Waals surface area contributed by atoms with Crippen molar-refractivity contribution in [1.29, 1.82) is 0 Å². The van der Waals surface area contributed by atoms with Crippen LogP contribution < -0.4 is 10.5 Å². The molecule has 0 fully saturated rings. The van der Waals surface area contributed by atoms with Gasteiger partial charge in [-0.2, -0.15) is 0 Å². The molecule has 27 heavy (non-hydrogen) atoms. The van der Waals surface area contributed by atoms with Crippen LogP contribution in [0.25, 0.3) is 22.4 Å². The summed E-state index contributed by atoms with van der Waals surface area (Å²) in [4.78, 5) is 4.86. The topological polar surface area (TPSA) is 53.1 Å². The number of rotatable bonds is 6. The van der Waals surface area contributed by atoms with Gasteiger partial charge >= 0.3 is 0 Å². The lowest BCUT2D eigenvalue weighted by Gasteiger charge is -2.11. The van der Waals surface area contributed by atoms with Crippen molar-refractivity contribution < 1.29 is 4.74 Å². The number of anilines is 1. The van der Waals surface area contributed by atoms with E-state index in [4.69, 9.17) is 15.5 Å². The first kappa shape index (κ1) is 17.2. The minimum atomic E-state index is 0.659. The summed E-state index contributed by atoms with van der Waals surface area (Å²) in [5.41, 5.74) is 11.2. The average Bonchev–Trinajstić information content (AvgIpc) is 3.07. The fourth-order valence-electron chi connectivity index (χ4n) is 3.23. The number of imidazole rings is 1. The molecule has 0 aliphatic rings. The van der Waals surface area contributed by atoms with Crippen molar-refractivity contribution in [3.05, 3.63) is 78.4 Å². The number of aromatic nitrogens is 2. The molecule has 0 unspecified atom stereocenters. The van der Waals surface area contributed by atoms with Crippen LogP contribution in [0.4, 0.5) is 5.69 Å². The number of fused-ring (bicyclic) bond motifs is 1. The normalized spacial score (nSPS) is 11.0. The standard InChI is InChI=1S/C23H23N3O/c1-17-12-13-18(16-20(17)24)23-25-21-10-5-6-11-22(21)26(23)14-7-15-27-19-8-3-2-4-9-19/h2-6,8-13,16H,7,14-15,24H2,1H3. The van der Waals surface area contributed by atoms with Crippen molar-refractivity contribution in [2.75, 3.05) is 12.3 Å². The molecule has 4 aromatic rings. The Morgan fingerprint density at radius 1 is 0.963 bits per heavy atom. The van der Waals surface area contributed by atoms with E-state index in [9.17, 15) is 0 Å². The summed E-state index contributed by atoms with van der Waals surface area (Å²) in [7, 11) is 0. The van der Waals surface area contributed by atoms with Crippen LogP contribution in [0.5, 0.6) is 5.75 Å². The minimum Gasteiger partial charge on any atom is -0.494 e. The second-order valence-corrected chi connectivity index (χ2v) is 6.66. The Morgan fingerprint density at radius 2 is 1.74 bits per heavy atom. The van der Waals surface area contributed by atoms with Crippen LogP contribution in [0, 0.1) is 6.92 Å². The zero-order valence-corrected chi connectivity index (χ0v) is 15.4. The molecule has 4 nitrogen and oxygen atoms in total. The maximum atomic E-state index is 6.13. The van der Waals surface area contributed by atoms with Gasteiger partial charge in [0.1, 0.15) is 11.6 Å². The Labute approximate surface area is 159 Å². The maximum absolute atomic E-state index is 6.13. The van der Waals surface area contributed by atoms with Gasteiger partial charge in [0.2, 0.25) is 0 Å². The largest absolute Gasteiger partial charge is 0.494 e. The number of hydrogen-bond donors (Lipinski definition) is 1. The van der Waals surface area contributed by atoms with Crippen LogP contribution in [0.1, 0.15) is 12.0 Å². The predicted molar refractivity (Wildman–Crippen MR) is 111 cm³/mol. The van der Waals surface area contributed by atoms with E-state index in [0.29, 0.717) is 6.61 Å². The van der Waals surface area contributed by atoms with E-state index in [1.54, 1.807) is 0 Å². The van der Waals surface area contributed by atoms with E-state index in [1.165, 1.54) is 0 Å². The molecule has 1 aromatic heterocycles. The molecule has 0 aliphatic heterocycles. The SMILES string of the molecule is Cc1ccc(-c2nc3ccccc3n2CCCOc2ccccc2)cc1N. The highest BCUT2D eigenvalue weighted by Crippen LogP contribution is 2.27. The summed E-state index contributed by atoms with van der Waals surface area (Å²) in [5, 5.41) is 0. The molecule has 4 rings (SSSR count). The van der Waals surface area contributed by atoms with Gasteiger partial charge in [0.05, 0.1) is 17.6 Å². The third-order valence-corrected chi connectivity index (χ3v) is 4.73. The quantitative estimate of drug-likeness (QED) is 0.387. The Balaban J connectivity index is 1.59. The highest BCUT2D eigenvalue weighted by Gasteiger charge is 2.13. The van der Waals surface area contributed by atoms with Crippen LogP contribution in [-0.2, 0) is 6.54 Å². The smallest absolute Gasteiger partial charge is 0.141 e. The summed E-state index contributed by atoms with van der Waals surface area (Å²) < 4.78 is 8.10. The third-order valence-electron chi connectivity index (χ3n) is 4.73. The summed E-state index contributed by atoms with van der Waals surface area (Å²) in [6.07, 6.45) is 0.892. The van der Waals surface area contributed by atoms with Crippen molar-refractivity contribution in [2.45, 2.75) is 19.9 Å². The van der Waals surface area contributed by atoms with Crippen LogP contribution >= 0.6 is 0 Å².